The van der Waals surface area contributed by atoms with Crippen molar-refractivity contribution in [3.8, 4) is 11.5 Å². The van der Waals surface area contributed by atoms with Crippen molar-refractivity contribution >= 4 is 23.9 Å². The van der Waals surface area contributed by atoms with Gasteiger partial charge < -0.3 is 19.5 Å². The Bertz CT molecular complexity index is 1340. The molecular weight excluding hydrogens is 520 g/mol. The van der Waals surface area contributed by atoms with Crippen LogP contribution in [0.25, 0.3) is 6.08 Å². The van der Waals surface area contributed by atoms with Crippen molar-refractivity contribution in [3.05, 3.63) is 65.7 Å². The number of esters is 2. The number of ether oxygens (including phenoxy) is 2. The van der Waals surface area contributed by atoms with Gasteiger partial charge in [0.05, 0.1) is 0 Å². The second-order valence-electron chi connectivity index (χ2n) is 12.0. The molecule has 2 aromatic rings. The van der Waals surface area contributed by atoms with Gasteiger partial charge in [-0.05, 0) is 92.5 Å². The van der Waals surface area contributed by atoms with Crippen LogP contribution in [0, 0.1) is 5.92 Å². The molecule has 0 spiro atoms. The summed E-state index contributed by atoms with van der Waals surface area (Å²) in [7, 11) is 1.82. The molecule has 0 radical (unpaired) electrons. The van der Waals surface area contributed by atoms with Crippen LogP contribution >= 0.6 is 0 Å². The Kier molecular flexibility index (Phi) is 8.23. The minimum Gasteiger partial charge on any atom is -0.508 e. The van der Waals surface area contributed by atoms with Gasteiger partial charge in [-0.25, -0.2) is 0 Å². The lowest BCUT2D eigenvalue weighted by molar-refractivity contribution is -0.190. The molecule has 0 unspecified atom stereocenters. The fraction of sp³-hybridized carbons (Fsp3) is 0.485. The Morgan fingerprint density at radius 1 is 1.05 bits per heavy atom. The molecule has 2 aliphatic carbocycles. The predicted octanol–water partition coefficient (Wildman–Crippen LogP) is 4.70. The summed E-state index contributed by atoms with van der Waals surface area (Å²) in [5.41, 5.74) is 0.371. The van der Waals surface area contributed by atoms with E-state index in [0.717, 1.165) is 30.6 Å². The summed E-state index contributed by atoms with van der Waals surface area (Å²) in [4.78, 5) is 42.0. The highest BCUT2D eigenvalue weighted by Crippen LogP contribution is 2.55. The number of hydrogen-bond donors (Lipinski definition) is 1. The number of carbonyl (C=O) groups excluding carboxylic acids is 3. The van der Waals surface area contributed by atoms with Crippen LogP contribution in [0.3, 0.4) is 0 Å². The molecule has 5 rings (SSSR count). The van der Waals surface area contributed by atoms with Crippen molar-refractivity contribution in [2.75, 3.05) is 26.7 Å². The lowest BCUT2D eigenvalue weighted by Crippen LogP contribution is -2.68. The van der Waals surface area contributed by atoms with Gasteiger partial charge in [-0.15, -0.1) is 0 Å². The topological polar surface area (TPSA) is 96.4 Å². The highest BCUT2D eigenvalue weighted by Gasteiger charge is 2.61. The second-order valence-corrected chi connectivity index (χ2v) is 12.0. The summed E-state index contributed by atoms with van der Waals surface area (Å²) in [5, 5.41) is 9.77. The second kappa shape index (κ2) is 11.7. The molecule has 2 aromatic carbocycles. The molecule has 0 bridgehead atoms. The van der Waals surface area contributed by atoms with Crippen molar-refractivity contribution in [2.45, 2.75) is 69.4 Å². The minimum atomic E-state index is -0.765. The van der Waals surface area contributed by atoms with Gasteiger partial charge in [0.2, 0.25) is 5.91 Å². The number of fused-ring (bicyclic) bond motifs is 1. The van der Waals surface area contributed by atoms with E-state index >= 15 is 0 Å². The number of likely N-dealkylation sites (N-methyl/N-ethyl adjacent to an activating group) is 1. The maximum Gasteiger partial charge on any atom is 0.308 e. The van der Waals surface area contributed by atoms with E-state index in [0.29, 0.717) is 37.5 Å². The molecule has 1 amide bonds. The number of phenolic OH excluding ortho intramolecular Hbond substituents is 1. The third kappa shape index (κ3) is 6.32. The average molecular weight is 561 g/mol. The van der Waals surface area contributed by atoms with Crippen LogP contribution in [-0.2, 0) is 24.5 Å². The number of likely N-dealkylation sites (tertiary alicyclic amines) is 1. The van der Waals surface area contributed by atoms with Gasteiger partial charge in [0.1, 0.15) is 17.1 Å². The smallest absolute Gasteiger partial charge is 0.308 e. The fourth-order valence-electron chi connectivity index (χ4n) is 6.93. The SMILES string of the molecule is CC(=O)Oc1cccc([C@@]23CCN(CC4CC4)C[C@@]2(OC(C)=O)CC[C@@H](N(C)C(=O)C=Cc2cccc(O)c2)C3)c1. The molecule has 3 aliphatic rings. The van der Waals surface area contributed by atoms with Crippen molar-refractivity contribution in [1.29, 1.82) is 0 Å². The van der Waals surface area contributed by atoms with E-state index in [-0.39, 0.29) is 23.7 Å². The summed E-state index contributed by atoms with van der Waals surface area (Å²) in [6.45, 7) is 5.37. The number of piperidine rings is 1. The van der Waals surface area contributed by atoms with Gasteiger partial charge in [-0.2, -0.15) is 0 Å². The number of hydrogen-bond acceptors (Lipinski definition) is 7. The fourth-order valence-corrected chi connectivity index (χ4v) is 6.93. The highest BCUT2D eigenvalue weighted by molar-refractivity contribution is 5.91. The first-order chi connectivity index (χ1) is 19.6. The van der Waals surface area contributed by atoms with E-state index in [1.807, 2.05) is 31.3 Å². The van der Waals surface area contributed by atoms with E-state index in [4.69, 9.17) is 9.47 Å². The zero-order valence-corrected chi connectivity index (χ0v) is 24.2. The van der Waals surface area contributed by atoms with Gasteiger partial charge in [0.25, 0.3) is 0 Å². The Balaban J connectivity index is 1.48. The van der Waals surface area contributed by atoms with E-state index in [9.17, 15) is 19.5 Å². The standard InChI is InChI=1S/C33H40N2O6/c1-23(36)40-30-9-5-7-27(19-30)32-16-17-35(21-26-10-11-26)22-33(32,41-24(2)37)15-14-28(20-32)34(3)31(39)13-12-25-6-4-8-29(38)18-25/h4-9,12-13,18-19,26,28,38H,10-11,14-17,20-22H2,1-3H3/t28-,32+,33+/m1/s1. The number of phenols is 1. The van der Waals surface area contributed by atoms with Crippen LogP contribution < -0.4 is 4.74 Å². The molecule has 1 aliphatic heterocycles. The summed E-state index contributed by atoms with van der Waals surface area (Å²) in [5.74, 6) is 0.484. The normalized spacial score (nSPS) is 26.3. The van der Waals surface area contributed by atoms with Crippen molar-refractivity contribution < 1.29 is 29.0 Å². The van der Waals surface area contributed by atoms with Crippen molar-refractivity contribution in [1.82, 2.24) is 9.80 Å². The summed E-state index contributed by atoms with van der Waals surface area (Å²) in [6.07, 6.45) is 8.42. The molecule has 8 nitrogen and oxygen atoms in total. The van der Waals surface area contributed by atoms with Crippen molar-refractivity contribution in [3.63, 3.8) is 0 Å². The van der Waals surface area contributed by atoms with E-state index in [1.165, 1.54) is 32.8 Å². The third-order valence-electron chi connectivity index (χ3n) is 9.06. The van der Waals surface area contributed by atoms with Crippen molar-refractivity contribution in [2.24, 2.45) is 5.92 Å². The Labute approximate surface area is 241 Å². The van der Waals surface area contributed by atoms with Crippen LogP contribution in [0.1, 0.15) is 63.5 Å². The molecule has 41 heavy (non-hydrogen) atoms. The monoisotopic (exact) mass is 560 g/mol. The Morgan fingerprint density at radius 3 is 2.54 bits per heavy atom. The van der Waals surface area contributed by atoms with Crippen LogP contribution in [-0.4, -0.2) is 71.1 Å². The summed E-state index contributed by atoms with van der Waals surface area (Å²) in [6, 6.07) is 14.3. The number of aromatic hydroxyl groups is 1. The number of benzene rings is 2. The number of nitrogens with zero attached hydrogens (tertiary/aromatic N) is 2. The van der Waals surface area contributed by atoms with Gasteiger partial charge >= 0.3 is 11.9 Å². The quantitative estimate of drug-likeness (QED) is 0.284. The molecule has 218 valence electrons. The van der Waals surface area contributed by atoms with Crippen LogP contribution in [0.5, 0.6) is 11.5 Å². The molecular formula is C33H40N2O6. The van der Waals surface area contributed by atoms with Crippen LogP contribution in [0.2, 0.25) is 0 Å². The van der Waals surface area contributed by atoms with Crippen LogP contribution in [0.15, 0.2) is 54.6 Å². The lowest BCUT2D eigenvalue weighted by Gasteiger charge is -2.60. The van der Waals surface area contributed by atoms with Gasteiger partial charge in [-0.3, -0.25) is 19.3 Å². The average Bonchev–Trinajstić information content (AvgIpc) is 3.74. The van der Waals surface area contributed by atoms with Gasteiger partial charge in [0.15, 0.2) is 0 Å². The third-order valence-corrected chi connectivity index (χ3v) is 9.06. The molecule has 2 saturated carbocycles. The first kappa shape index (κ1) is 28.9. The number of carbonyl (C=O) groups is 3. The number of amides is 1. The molecule has 1 heterocycles. The zero-order valence-electron chi connectivity index (χ0n) is 24.2. The molecule has 1 N–H and O–H groups in total. The molecule has 1 saturated heterocycles. The summed E-state index contributed by atoms with van der Waals surface area (Å²) >= 11 is 0. The minimum absolute atomic E-state index is 0.0904. The zero-order chi connectivity index (χ0) is 29.2. The number of rotatable bonds is 8. The lowest BCUT2D eigenvalue weighted by atomic mass is 9.55. The Morgan fingerprint density at radius 2 is 1.83 bits per heavy atom. The predicted molar refractivity (Wildman–Crippen MR) is 155 cm³/mol. The summed E-state index contributed by atoms with van der Waals surface area (Å²) < 4.78 is 11.8. The molecule has 0 aromatic heterocycles. The van der Waals surface area contributed by atoms with Crippen LogP contribution in [0.4, 0.5) is 0 Å². The Hall–Kier alpha value is -3.65. The highest BCUT2D eigenvalue weighted by atomic mass is 16.6. The van der Waals surface area contributed by atoms with E-state index in [1.54, 1.807) is 35.2 Å². The van der Waals surface area contributed by atoms with E-state index in [2.05, 4.69) is 4.90 Å². The largest absolute Gasteiger partial charge is 0.508 e. The molecule has 3 atom stereocenters. The van der Waals surface area contributed by atoms with E-state index < -0.39 is 17.0 Å². The molecule has 8 heteroatoms. The molecule has 3 fully saturated rings. The first-order valence-electron chi connectivity index (χ1n) is 14.5. The maximum absolute atomic E-state index is 13.3. The first-order valence-corrected chi connectivity index (χ1v) is 14.5. The van der Waals surface area contributed by atoms with Gasteiger partial charge in [-0.1, -0.05) is 24.3 Å². The maximum atomic E-state index is 13.3. The van der Waals surface area contributed by atoms with Gasteiger partial charge in [0, 0.05) is 51.5 Å².